The predicted molar refractivity (Wildman–Crippen MR) is 103 cm³/mol. The van der Waals surface area contributed by atoms with Crippen molar-refractivity contribution >= 4 is 16.8 Å². The summed E-state index contributed by atoms with van der Waals surface area (Å²) in [4.78, 5) is 20.8. The Morgan fingerprint density at radius 1 is 0.923 bits per heavy atom. The number of aromatic amines is 1. The Balaban J connectivity index is 1.30. The number of amides is 1. The van der Waals surface area contributed by atoms with Crippen LogP contribution in [-0.4, -0.2) is 40.3 Å². The molecule has 2 aromatic carbocycles. The van der Waals surface area contributed by atoms with Crippen LogP contribution in [0.15, 0.2) is 48.5 Å². The first-order chi connectivity index (χ1) is 12.8. The summed E-state index contributed by atoms with van der Waals surface area (Å²) in [5.41, 5.74) is 6.56. The lowest BCUT2D eigenvalue weighted by molar-refractivity contribution is -0.133. The Kier molecular flexibility index (Phi) is 3.79. The average molecular weight is 345 g/mol. The van der Waals surface area contributed by atoms with Gasteiger partial charge in [0.1, 0.15) is 0 Å². The highest BCUT2D eigenvalue weighted by molar-refractivity contribution is 5.86. The van der Waals surface area contributed by atoms with E-state index in [1.54, 1.807) is 0 Å². The molecule has 0 bridgehead atoms. The zero-order chi connectivity index (χ0) is 17.5. The molecule has 0 atom stereocenters. The normalized spacial score (nSPS) is 17.2. The van der Waals surface area contributed by atoms with E-state index in [1.165, 1.54) is 33.3 Å². The fraction of sp³-hybridized carbons (Fsp3) is 0.318. The van der Waals surface area contributed by atoms with E-state index in [-0.39, 0.29) is 5.91 Å². The van der Waals surface area contributed by atoms with Crippen molar-refractivity contribution in [2.24, 2.45) is 0 Å². The van der Waals surface area contributed by atoms with E-state index >= 15 is 0 Å². The van der Waals surface area contributed by atoms with Crippen molar-refractivity contribution in [3.05, 3.63) is 70.9 Å². The maximum Gasteiger partial charge on any atom is 0.237 e. The summed E-state index contributed by atoms with van der Waals surface area (Å²) < 4.78 is 0. The molecule has 2 aliphatic heterocycles. The second kappa shape index (κ2) is 6.29. The molecule has 0 fully saturated rings. The summed E-state index contributed by atoms with van der Waals surface area (Å²) >= 11 is 0. The van der Waals surface area contributed by atoms with Crippen molar-refractivity contribution in [3.63, 3.8) is 0 Å². The molecule has 0 saturated heterocycles. The first kappa shape index (κ1) is 15.6. The molecule has 2 aliphatic rings. The monoisotopic (exact) mass is 345 g/mol. The van der Waals surface area contributed by atoms with Crippen LogP contribution in [0.25, 0.3) is 10.9 Å². The molecule has 3 aromatic rings. The summed E-state index contributed by atoms with van der Waals surface area (Å²) in [6, 6.07) is 17.0. The summed E-state index contributed by atoms with van der Waals surface area (Å²) in [5, 5.41) is 1.26. The minimum atomic E-state index is 0.250. The molecule has 0 unspecified atom stereocenters. The fourth-order valence-corrected chi connectivity index (χ4v) is 4.36. The smallest absolute Gasteiger partial charge is 0.237 e. The molecule has 1 N–H and O–H groups in total. The van der Waals surface area contributed by atoms with Gasteiger partial charge in [-0.15, -0.1) is 0 Å². The van der Waals surface area contributed by atoms with E-state index in [0.29, 0.717) is 6.54 Å². The summed E-state index contributed by atoms with van der Waals surface area (Å²) in [6.07, 6.45) is 1.95. The third kappa shape index (κ3) is 2.71. The van der Waals surface area contributed by atoms with Crippen molar-refractivity contribution < 1.29 is 4.79 Å². The number of hydrogen-bond donors (Lipinski definition) is 1. The quantitative estimate of drug-likeness (QED) is 0.775. The summed E-state index contributed by atoms with van der Waals surface area (Å²) in [7, 11) is 0. The van der Waals surface area contributed by atoms with Crippen LogP contribution >= 0.6 is 0 Å². The van der Waals surface area contributed by atoms with Gasteiger partial charge in [0.15, 0.2) is 0 Å². The molecule has 0 spiro atoms. The number of benzene rings is 2. The lowest BCUT2D eigenvalue weighted by Gasteiger charge is -2.32. The maximum absolute atomic E-state index is 12.9. The highest BCUT2D eigenvalue weighted by Gasteiger charge is 2.26. The predicted octanol–water partition coefficient (Wildman–Crippen LogP) is 3.11. The van der Waals surface area contributed by atoms with Crippen molar-refractivity contribution in [3.8, 4) is 0 Å². The molecule has 0 aliphatic carbocycles. The number of nitrogens with one attached hydrogen (secondary N) is 1. The molecule has 1 amide bonds. The lowest BCUT2D eigenvalue weighted by Crippen LogP contribution is -2.44. The number of nitrogens with zero attached hydrogens (tertiary/aromatic N) is 2. The van der Waals surface area contributed by atoms with E-state index in [0.717, 1.165) is 39.0 Å². The van der Waals surface area contributed by atoms with E-state index in [4.69, 9.17) is 0 Å². The molecule has 4 nitrogen and oxygen atoms in total. The number of hydrogen-bond acceptors (Lipinski definition) is 2. The van der Waals surface area contributed by atoms with Crippen molar-refractivity contribution in [2.75, 3.05) is 19.6 Å². The van der Waals surface area contributed by atoms with Gasteiger partial charge in [-0.3, -0.25) is 9.69 Å². The van der Waals surface area contributed by atoms with Gasteiger partial charge in [-0.1, -0.05) is 42.5 Å². The zero-order valence-electron chi connectivity index (χ0n) is 14.9. The van der Waals surface area contributed by atoms with Gasteiger partial charge in [0, 0.05) is 54.8 Å². The second-order valence-electron chi connectivity index (χ2n) is 7.42. The maximum atomic E-state index is 12.9. The van der Waals surface area contributed by atoms with E-state index < -0.39 is 0 Å². The molecule has 0 radical (unpaired) electrons. The van der Waals surface area contributed by atoms with Crippen LogP contribution in [0.3, 0.4) is 0 Å². The molecular formula is C22H23N3O. The number of carbonyl (C=O) groups excluding carboxylic acids is 1. The van der Waals surface area contributed by atoms with Crippen molar-refractivity contribution in [1.29, 1.82) is 0 Å². The van der Waals surface area contributed by atoms with E-state index in [2.05, 4.69) is 58.4 Å². The highest BCUT2D eigenvalue weighted by atomic mass is 16.2. The zero-order valence-corrected chi connectivity index (χ0v) is 14.9. The Hall–Kier alpha value is -2.59. The number of rotatable bonds is 2. The van der Waals surface area contributed by atoms with Crippen LogP contribution in [0.5, 0.6) is 0 Å². The molecular weight excluding hydrogens is 322 g/mol. The van der Waals surface area contributed by atoms with Gasteiger partial charge in [-0.2, -0.15) is 0 Å². The SMILES string of the molecule is O=C(CN1CCc2ccccc2C1)N1CCc2[nH]c3ccccc3c2C1. The Labute approximate surface area is 153 Å². The molecule has 4 heteroatoms. The first-order valence-corrected chi connectivity index (χ1v) is 9.43. The highest BCUT2D eigenvalue weighted by Crippen LogP contribution is 2.28. The van der Waals surface area contributed by atoms with Gasteiger partial charge >= 0.3 is 0 Å². The van der Waals surface area contributed by atoms with Crippen molar-refractivity contribution in [2.45, 2.75) is 25.9 Å². The topological polar surface area (TPSA) is 39.3 Å². The van der Waals surface area contributed by atoms with Crippen molar-refractivity contribution in [1.82, 2.24) is 14.8 Å². The lowest BCUT2D eigenvalue weighted by atomic mass is 10.00. The number of H-pyrrole nitrogens is 1. The molecule has 3 heterocycles. The van der Waals surface area contributed by atoms with Crippen LogP contribution in [0.1, 0.15) is 22.4 Å². The molecule has 5 rings (SSSR count). The molecule has 26 heavy (non-hydrogen) atoms. The van der Waals surface area contributed by atoms with E-state index in [9.17, 15) is 4.79 Å². The van der Waals surface area contributed by atoms with Gasteiger partial charge in [0.2, 0.25) is 5.91 Å². The second-order valence-corrected chi connectivity index (χ2v) is 7.42. The number of fused-ring (bicyclic) bond motifs is 4. The summed E-state index contributed by atoms with van der Waals surface area (Å²) in [6.45, 7) is 3.90. The minimum Gasteiger partial charge on any atom is -0.358 e. The van der Waals surface area contributed by atoms with Crippen LogP contribution in [-0.2, 0) is 30.7 Å². The van der Waals surface area contributed by atoms with E-state index in [1.807, 2.05) is 4.90 Å². The number of para-hydroxylation sites is 1. The average Bonchev–Trinajstić information content (AvgIpc) is 3.06. The number of carbonyl (C=O) groups is 1. The van der Waals surface area contributed by atoms with Crippen LogP contribution in [0, 0.1) is 0 Å². The summed E-state index contributed by atoms with van der Waals surface area (Å²) in [5.74, 6) is 0.250. The third-order valence-electron chi connectivity index (χ3n) is 5.80. The number of aromatic nitrogens is 1. The van der Waals surface area contributed by atoms with Gasteiger partial charge in [0.05, 0.1) is 6.54 Å². The van der Waals surface area contributed by atoms with Crippen LogP contribution in [0.2, 0.25) is 0 Å². The van der Waals surface area contributed by atoms with Crippen LogP contribution < -0.4 is 0 Å². The molecule has 132 valence electrons. The minimum absolute atomic E-state index is 0.250. The third-order valence-corrected chi connectivity index (χ3v) is 5.80. The Morgan fingerprint density at radius 2 is 1.73 bits per heavy atom. The van der Waals surface area contributed by atoms with Crippen LogP contribution in [0.4, 0.5) is 0 Å². The fourth-order valence-electron chi connectivity index (χ4n) is 4.36. The Morgan fingerprint density at radius 3 is 2.65 bits per heavy atom. The first-order valence-electron chi connectivity index (χ1n) is 9.43. The molecule has 1 aromatic heterocycles. The standard InChI is InChI=1S/C22H23N3O/c26-22(15-24-11-9-16-5-1-2-6-17(16)13-24)25-12-10-21-19(14-25)18-7-3-4-8-20(18)23-21/h1-8,23H,9-15H2. The Bertz CT molecular complexity index is 974. The molecule has 0 saturated carbocycles. The van der Waals surface area contributed by atoms with Gasteiger partial charge in [-0.25, -0.2) is 0 Å². The van der Waals surface area contributed by atoms with Gasteiger partial charge < -0.3 is 9.88 Å². The largest absolute Gasteiger partial charge is 0.358 e. The van der Waals surface area contributed by atoms with Gasteiger partial charge in [-0.05, 0) is 23.6 Å². The van der Waals surface area contributed by atoms with Gasteiger partial charge in [0.25, 0.3) is 0 Å².